The molecule has 0 bridgehead atoms. The Kier molecular flexibility index (Phi) is 3.16. The van der Waals surface area contributed by atoms with Gasteiger partial charge in [-0.2, -0.15) is 18.4 Å². The second-order valence-electron chi connectivity index (χ2n) is 4.43. The standard InChI is InChI=1S/C12H11F3N2O/c13-12(14,15)9-5-10(7-3-1-2-4-7)17-11(18)8(9)6-16/h5,7H,1-4H2,(H,17,18). The Hall–Kier alpha value is -1.77. The van der Waals surface area contributed by atoms with E-state index in [4.69, 9.17) is 5.26 Å². The Balaban J connectivity index is 2.56. The number of alkyl halides is 3. The molecule has 1 N–H and O–H groups in total. The molecule has 0 radical (unpaired) electrons. The average molecular weight is 256 g/mol. The van der Waals surface area contributed by atoms with E-state index in [0.29, 0.717) is 5.69 Å². The monoisotopic (exact) mass is 256 g/mol. The van der Waals surface area contributed by atoms with Gasteiger partial charge in [0.15, 0.2) is 0 Å². The first-order valence-corrected chi connectivity index (χ1v) is 5.68. The highest BCUT2D eigenvalue weighted by Crippen LogP contribution is 2.36. The lowest BCUT2D eigenvalue weighted by atomic mass is 9.99. The van der Waals surface area contributed by atoms with E-state index in [0.717, 1.165) is 31.7 Å². The van der Waals surface area contributed by atoms with Gasteiger partial charge >= 0.3 is 6.18 Å². The number of nitriles is 1. The van der Waals surface area contributed by atoms with Gasteiger partial charge in [-0.25, -0.2) is 0 Å². The van der Waals surface area contributed by atoms with E-state index in [1.54, 1.807) is 0 Å². The normalized spacial score (nSPS) is 16.8. The molecule has 0 aromatic carbocycles. The van der Waals surface area contributed by atoms with Gasteiger partial charge in [-0.3, -0.25) is 4.79 Å². The lowest BCUT2D eigenvalue weighted by Gasteiger charge is -2.13. The molecular formula is C12H11F3N2O. The number of rotatable bonds is 1. The van der Waals surface area contributed by atoms with E-state index < -0.39 is 22.9 Å². The molecule has 0 atom stereocenters. The molecule has 1 aromatic rings. The Morgan fingerprint density at radius 2 is 1.94 bits per heavy atom. The Morgan fingerprint density at radius 1 is 1.33 bits per heavy atom. The van der Waals surface area contributed by atoms with Gasteiger partial charge in [0, 0.05) is 5.69 Å². The number of hydrogen-bond donors (Lipinski definition) is 1. The summed E-state index contributed by atoms with van der Waals surface area (Å²) < 4.78 is 38.3. The fourth-order valence-electron chi connectivity index (χ4n) is 2.37. The summed E-state index contributed by atoms with van der Waals surface area (Å²) >= 11 is 0. The van der Waals surface area contributed by atoms with Crippen LogP contribution in [0.3, 0.4) is 0 Å². The first-order valence-electron chi connectivity index (χ1n) is 5.68. The number of aromatic nitrogens is 1. The molecule has 1 aromatic heterocycles. The van der Waals surface area contributed by atoms with Crippen LogP contribution in [-0.2, 0) is 6.18 Å². The minimum atomic E-state index is -4.67. The number of hydrogen-bond acceptors (Lipinski definition) is 2. The molecular weight excluding hydrogens is 245 g/mol. The maximum absolute atomic E-state index is 12.8. The van der Waals surface area contributed by atoms with Crippen molar-refractivity contribution in [2.45, 2.75) is 37.8 Å². The topological polar surface area (TPSA) is 56.6 Å². The van der Waals surface area contributed by atoms with E-state index in [2.05, 4.69) is 4.98 Å². The van der Waals surface area contributed by atoms with Crippen molar-refractivity contribution in [3.05, 3.63) is 33.2 Å². The number of nitrogens with one attached hydrogen (secondary N) is 1. The second kappa shape index (κ2) is 4.48. The highest BCUT2D eigenvalue weighted by atomic mass is 19.4. The van der Waals surface area contributed by atoms with Gasteiger partial charge in [-0.05, 0) is 24.8 Å². The largest absolute Gasteiger partial charge is 0.417 e. The highest BCUT2D eigenvalue weighted by molar-refractivity contribution is 5.39. The van der Waals surface area contributed by atoms with Crippen molar-refractivity contribution < 1.29 is 13.2 Å². The summed E-state index contributed by atoms with van der Waals surface area (Å²) in [5, 5.41) is 8.65. The molecule has 3 nitrogen and oxygen atoms in total. The fraction of sp³-hybridized carbons (Fsp3) is 0.500. The molecule has 6 heteroatoms. The lowest BCUT2D eigenvalue weighted by molar-refractivity contribution is -0.138. The Labute approximate surface area is 101 Å². The molecule has 0 spiro atoms. The summed E-state index contributed by atoms with van der Waals surface area (Å²) in [5.41, 5.74) is -2.64. The van der Waals surface area contributed by atoms with Crippen molar-refractivity contribution in [2.75, 3.05) is 0 Å². The zero-order valence-electron chi connectivity index (χ0n) is 9.47. The Bertz CT molecular complexity index is 548. The molecule has 1 saturated carbocycles. The zero-order chi connectivity index (χ0) is 13.3. The first-order chi connectivity index (χ1) is 8.43. The van der Waals surface area contributed by atoms with Crippen molar-refractivity contribution >= 4 is 0 Å². The van der Waals surface area contributed by atoms with Crippen LogP contribution in [0.2, 0.25) is 0 Å². The molecule has 18 heavy (non-hydrogen) atoms. The van der Waals surface area contributed by atoms with Crippen molar-refractivity contribution in [1.29, 1.82) is 5.26 Å². The SMILES string of the molecule is N#Cc1c(C(F)(F)F)cc(C2CCCC2)[nH]c1=O. The van der Waals surface area contributed by atoms with Crippen LogP contribution in [0, 0.1) is 11.3 Å². The van der Waals surface area contributed by atoms with Crippen LogP contribution >= 0.6 is 0 Å². The number of pyridine rings is 1. The predicted molar refractivity (Wildman–Crippen MR) is 58.0 cm³/mol. The fourth-order valence-corrected chi connectivity index (χ4v) is 2.37. The molecule has 2 rings (SSSR count). The van der Waals surface area contributed by atoms with Gasteiger partial charge in [-0.1, -0.05) is 12.8 Å². The van der Waals surface area contributed by atoms with Crippen molar-refractivity contribution in [2.24, 2.45) is 0 Å². The van der Waals surface area contributed by atoms with Gasteiger partial charge in [0.1, 0.15) is 11.6 Å². The summed E-state index contributed by atoms with van der Waals surface area (Å²) in [6.07, 6.45) is -1.22. The van der Waals surface area contributed by atoms with Crippen LogP contribution in [0.5, 0.6) is 0 Å². The van der Waals surface area contributed by atoms with E-state index in [9.17, 15) is 18.0 Å². The van der Waals surface area contributed by atoms with Crippen LogP contribution < -0.4 is 5.56 Å². The molecule has 1 aliphatic rings. The summed E-state index contributed by atoms with van der Waals surface area (Å²) in [4.78, 5) is 13.9. The molecule has 0 aliphatic heterocycles. The van der Waals surface area contributed by atoms with Crippen molar-refractivity contribution in [3.63, 3.8) is 0 Å². The van der Waals surface area contributed by atoms with Gasteiger partial charge in [-0.15, -0.1) is 0 Å². The molecule has 1 fully saturated rings. The third-order valence-electron chi connectivity index (χ3n) is 3.27. The minimum absolute atomic E-state index is 0.0356. The first kappa shape index (κ1) is 12.7. The maximum Gasteiger partial charge on any atom is 0.417 e. The lowest BCUT2D eigenvalue weighted by Crippen LogP contribution is -2.21. The van der Waals surface area contributed by atoms with Crippen LogP contribution in [0.25, 0.3) is 0 Å². The van der Waals surface area contributed by atoms with Crippen molar-refractivity contribution in [3.8, 4) is 6.07 Å². The molecule has 0 saturated heterocycles. The van der Waals surface area contributed by atoms with Crippen LogP contribution in [-0.4, -0.2) is 4.98 Å². The van der Waals surface area contributed by atoms with Crippen LogP contribution in [0.4, 0.5) is 13.2 Å². The molecule has 0 unspecified atom stereocenters. The molecule has 96 valence electrons. The summed E-state index contributed by atoms with van der Waals surface area (Å²) in [7, 11) is 0. The maximum atomic E-state index is 12.8. The summed E-state index contributed by atoms with van der Waals surface area (Å²) in [6.45, 7) is 0. The van der Waals surface area contributed by atoms with Gasteiger partial charge in [0.05, 0.1) is 5.56 Å². The highest BCUT2D eigenvalue weighted by Gasteiger charge is 2.36. The van der Waals surface area contributed by atoms with Gasteiger partial charge in [0.25, 0.3) is 5.56 Å². The minimum Gasteiger partial charge on any atom is -0.325 e. The number of nitrogens with zero attached hydrogens (tertiary/aromatic N) is 1. The Morgan fingerprint density at radius 3 is 2.44 bits per heavy atom. The van der Waals surface area contributed by atoms with E-state index in [1.807, 2.05) is 0 Å². The second-order valence-corrected chi connectivity index (χ2v) is 4.43. The predicted octanol–water partition coefficient (Wildman–Crippen LogP) is 2.92. The molecule has 0 amide bonds. The quantitative estimate of drug-likeness (QED) is 0.839. The smallest absolute Gasteiger partial charge is 0.325 e. The summed E-state index contributed by atoms with van der Waals surface area (Å²) in [6, 6.07) is 2.24. The van der Waals surface area contributed by atoms with E-state index >= 15 is 0 Å². The average Bonchev–Trinajstić information content (AvgIpc) is 2.80. The summed E-state index contributed by atoms with van der Waals surface area (Å²) in [5.74, 6) is -0.0356. The number of halogens is 3. The third-order valence-corrected chi connectivity index (χ3v) is 3.27. The van der Waals surface area contributed by atoms with Gasteiger partial charge < -0.3 is 4.98 Å². The zero-order valence-corrected chi connectivity index (χ0v) is 9.47. The van der Waals surface area contributed by atoms with E-state index in [-0.39, 0.29) is 5.92 Å². The van der Waals surface area contributed by atoms with Crippen molar-refractivity contribution in [1.82, 2.24) is 4.98 Å². The van der Waals surface area contributed by atoms with Crippen LogP contribution in [0.1, 0.15) is 48.4 Å². The molecule has 1 heterocycles. The van der Waals surface area contributed by atoms with Crippen LogP contribution in [0.15, 0.2) is 10.9 Å². The number of H-pyrrole nitrogens is 1. The molecule has 1 aliphatic carbocycles. The third kappa shape index (κ3) is 2.26. The van der Waals surface area contributed by atoms with Gasteiger partial charge in [0.2, 0.25) is 0 Å². The van der Waals surface area contributed by atoms with E-state index in [1.165, 1.54) is 6.07 Å². The number of aromatic amines is 1.